The highest BCUT2D eigenvalue weighted by atomic mass is 35.5. The molecule has 4 rings (SSSR count). The molecular formula is C23H14Cl2F3N3O3. The van der Waals surface area contributed by atoms with Crippen LogP contribution in [0.25, 0.3) is 34.2 Å². The van der Waals surface area contributed by atoms with Crippen molar-refractivity contribution in [2.45, 2.75) is 6.18 Å². The van der Waals surface area contributed by atoms with Crippen LogP contribution in [0.15, 0.2) is 54.6 Å². The first kappa shape index (κ1) is 23.6. The lowest BCUT2D eigenvalue weighted by Crippen LogP contribution is -2.07. The molecule has 0 spiro atoms. The van der Waals surface area contributed by atoms with Crippen molar-refractivity contribution in [2.75, 3.05) is 7.11 Å². The molecule has 0 unspecified atom stereocenters. The van der Waals surface area contributed by atoms with Crippen molar-refractivity contribution in [3.8, 4) is 51.4 Å². The van der Waals surface area contributed by atoms with E-state index in [1.807, 2.05) is 0 Å². The number of hydrogen-bond donors (Lipinski definition) is 2. The molecule has 0 radical (unpaired) electrons. The van der Waals surface area contributed by atoms with Gasteiger partial charge in [-0.25, -0.2) is 15.0 Å². The van der Waals surface area contributed by atoms with Crippen LogP contribution in [0.2, 0.25) is 10.0 Å². The molecule has 0 saturated carbocycles. The predicted molar refractivity (Wildman–Crippen MR) is 121 cm³/mol. The van der Waals surface area contributed by atoms with E-state index in [1.165, 1.54) is 25.3 Å². The van der Waals surface area contributed by atoms with E-state index in [1.54, 1.807) is 24.3 Å². The lowest BCUT2D eigenvalue weighted by Gasteiger charge is -2.14. The molecule has 0 atom stereocenters. The van der Waals surface area contributed by atoms with Gasteiger partial charge >= 0.3 is 6.18 Å². The summed E-state index contributed by atoms with van der Waals surface area (Å²) < 4.78 is 45.0. The molecule has 0 fully saturated rings. The Hall–Kier alpha value is -3.56. The molecule has 1 heterocycles. The van der Waals surface area contributed by atoms with Gasteiger partial charge in [0.05, 0.1) is 33.8 Å². The average Bonchev–Trinajstić information content (AvgIpc) is 2.77. The maximum Gasteiger partial charge on any atom is 0.419 e. The quantitative estimate of drug-likeness (QED) is 0.322. The Bertz CT molecular complexity index is 1370. The van der Waals surface area contributed by atoms with Crippen LogP contribution in [0.3, 0.4) is 0 Å². The fourth-order valence-electron chi connectivity index (χ4n) is 3.21. The van der Waals surface area contributed by atoms with Crippen molar-refractivity contribution in [2.24, 2.45) is 0 Å². The zero-order valence-electron chi connectivity index (χ0n) is 17.2. The highest BCUT2D eigenvalue weighted by molar-refractivity contribution is 6.36. The molecule has 0 amide bonds. The number of aromatic nitrogens is 3. The van der Waals surface area contributed by atoms with Crippen LogP contribution in [0.1, 0.15) is 5.56 Å². The van der Waals surface area contributed by atoms with Crippen molar-refractivity contribution in [3.05, 3.63) is 70.2 Å². The van der Waals surface area contributed by atoms with E-state index in [2.05, 4.69) is 15.0 Å². The summed E-state index contributed by atoms with van der Waals surface area (Å²) in [7, 11) is 1.43. The largest absolute Gasteiger partial charge is 0.507 e. The van der Waals surface area contributed by atoms with Crippen molar-refractivity contribution < 1.29 is 28.1 Å². The van der Waals surface area contributed by atoms with E-state index in [-0.39, 0.29) is 45.7 Å². The van der Waals surface area contributed by atoms with Crippen LogP contribution < -0.4 is 4.74 Å². The molecule has 34 heavy (non-hydrogen) atoms. The van der Waals surface area contributed by atoms with Gasteiger partial charge in [0.15, 0.2) is 17.5 Å². The highest BCUT2D eigenvalue weighted by Gasteiger charge is 2.36. The summed E-state index contributed by atoms with van der Waals surface area (Å²) >= 11 is 11.8. The molecule has 0 aliphatic heterocycles. The minimum atomic E-state index is -4.76. The van der Waals surface area contributed by atoms with Gasteiger partial charge in [-0.05, 0) is 36.4 Å². The second-order valence-electron chi connectivity index (χ2n) is 7.02. The molecule has 0 bridgehead atoms. The van der Waals surface area contributed by atoms with Gasteiger partial charge in [-0.15, -0.1) is 0 Å². The average molecular weight is 508 g/mol. The zero-order valence-corrected chi connectivity index (χ0v) is 18.7. The van der Waals surface area contributed by atoms with Crippen LogP contribution in [-0.4, -0.2) is 32.3 Å². The maximum absolute atomic E-state index is 13.3. The van der Waals surface area contributed by atoms with Gasteiger partial charge < -0.3 is 14.9 Å². The molecule has 11 heteroatoms. The molecule has 1 aromatic heterocycles. The first-order valence-electron chi connectivity index (χ1n) is 9.57. The van der Waals surface area contributed by atoms with Gasteiger partial charge in [-0.3, -0.25) is 0 Å². The second kappa shape index (κ2) is 9.00. The van der Waals surface area contributed by atoms with Crippen LogP contribution >= 0.6 is 23.2 Å². The lowest BCUT2D eigenvalue weighted by atomic mass is 10.1. The van der Waals surface area contributed by atoms with Gasteiger partial charge in [-0.2, -0.15) is 13.2 Å². The number of benzene rings is 3. The molecule has 0 aliphatic rings. The summed E-state index contributed by atoms with van der Waals surface area (Å²) in [5, 5.41) is 19.5. The number of ether oxygens (including phenoxy) is 1. The number of methoxy groups -OCH3 is 1. The van der Waals surface area contributed by atoms with E-state index in [4.69, 9.17) is 27.9 Å². The summed E-state index contributed by atoms with van der Waals surface area (Å²) in [5.74, 6) is -0.0129. The summed E-state index contributed by atoms with van der Waals surface area (Å²) in [6, 6.07) is 12.7. The van der Waals surface area contributed by atoms with Gasteiger partial charge in [0.25, 0.3) is 0 Å². The SMILES string of the molecule is COc1ccc(-c2nc(-c3cc(Cl)c(C(F)(F)F)c(Cl)c3)nc(-c3ccccc3O)n2)c(O)c1. The second-order valence-corrected chi connectivity index (χ2v) is 7.83. The Labute approximate surface area is 201 Å². The third kappa shape index (κ3) is 4.57. The van der Waals surface area contributed by atoms with Crippen LogP contribution in [0.4, 0.5) is 13.2 Å². The fourth-order valence-corrected chi connectivity index (χ4v) is 3.91. The topological polar surface area (TPSA) is 88.4 Å². The number of phenolic OH excluding ortho intramolecular Hbond substituents is 2. The minimum absolute atomic E-state index is 0.00412. The standard InChI is InChI=1S/C23H14Cl2F3N3O3/c1-34-12-6-7-14(18(33)10-12)22-30-20(29-21(31-22)13-4-2-3-5-17(13)32)11-8-15(24)19(16(25)9-11)23(26,27)28/h2-10,32-33H,1H3. The smallest absolute Gasteiger partial charge is 0.419 e. The van der Waals surface area contributed by atoms with Crippen LogP contribution in [0, 0.1) is 0 Å². The number of nitrogens with zero attached hydrogens (tertiary/aromatic N) is 3. The van der Waals surface area contributed by atoms with Gasteiger partial charge in [-0.1, -0.05) is 35.3 Å². The van der Waals surface area contributed by atoms with E-state index in [0.29, 0.717) is 5.75 Å². The summed E-state index contributed by atoms with van der Waals surface area (Å²) in [6.07, 6.45) is -4.76. The number of rotatable bonds is 4. The third-order valence-corrected chi connectivity index (χ3v) is 5.41. The van der Waals surface area contributed by atoms with E-state index in [9.17, 15) is 23.4 Å². The number of alkyl halides is 3. The molecule has 3 aromatic carbocycles. The normalized spacial score (nSPS) is 11.5. The molecule has 2 N–H and O–H groups in total. The summed E-state index contributed by atoms with van der Waals surface area (Å²) in [4.78, 5) is 13.0. The summed E-state index contributed by atoms with van der Waals surface area (Å²) in [6.45, 7) is 0. The number of hydrogen-bond acceptors (Lipinski definition) is 6. The van der Waals surface area contributed by atoms with Gasteiger partial charge in [0.2, 0.25) is 0 Å². The van der Waals surface area contributed by atoms with Crippen LogP contribution in [-0.2, 0) is 6.18 Å². The molecule has 174 valence electrons. The lowest BCUT2D eigenvalue weighted by molar-refractivity contribution is -0.137. The predicted octanol–water partition coefficient (Wildman–Crippen LogP) is 6.62. The van der Waals surface area contributed by atoms with Crippen molar-refractivity contribution >= 4 is 23.2 Å². The number of phenols is 2. The minimum Gasteiger partial charge on any atom is -0.507 e. The molecule has 4 aromatic rings. The Kier molecular flexibility index (Phi) is 6.24. The Morgan fingerprint density at radius 3 is 1.85 bits per heavy atom. The monoisotopic (exact) mass is 507 g/mol. The molecular weight excluding hydrogens is 494 g/mol. The van der Waals surface area contributed by atoms with Crippen molar-refractivity contribution in [1.29, 1.82) is 0 Å². The number of aromatic hydroxyl groups is 2. The molecule has 0 saturated heterocycles. The molecule has 6 nitrogen and oxygen atoms in total. The van der Waals surface area contributed by atoms with Gasteiger partial charge in [0, 0.05) is 11.6 Å². The van der Waals surface area contributed by atoms with E-state index < -0.39 is 21.8 Å². The molecule has 0 aliphatic carbocycles. The maximum atomic E-state index is 13.3. The highest BCUT2D eigenvalue weighted by Crippen LogP contribution is 2.42. The van der Waals surface area contributed by atoms with E-state index in [0.717, 1.165) is 12.1 Å². The first-order valence-corrected chi connectivity index (χ1v) is 10.3. The van der Waals surface area contributed by atoms with Crippen molar-refractivity contribution in [3.63, 3.8) is 0 Å². The zero-order chi connectivity index (χ0) is 24.6. The number of halogens is 5. The van der Waals surface area contributed by atoms with E-state index >= 15 is 0 Å². The third-order valence-electron chi connectivity index (χ3n) is 4.81. The Morgan fingerprint density at radius 1 is 0.765 bits per heavy atom. The fraction of sp³-hybridized carbons (Fsp3) is 0.0870. The Balaban J connectivity index is 1.96. The van der Waals surface area contributed by atoms with Crippen LogP contribution in [0.5, 0.6) is 17.2 Å². The summed E-state index contributed by atoms with van der Waals surface area (Å²) in [5.41, 5.74) is -0.659. The Morgan fingerprint density at radius 2 is 1.32 bits per heavy atom. The first-order chi connectivity index (χ1) is 16.1. The van der Waals surface area contributed by atoms with Crippen molar-refractivity contribution in [1.82, 2.24) is 15.0 Å². The van der Waals surface area contributed by atoms with Gasteiger partial charge in [0.1, 0.15) is 17.2 Å². The number of para-hydroxylation sites is 1.